The lowest BCUT2D eigenvalue weighted by Gasteiger charge is -2.29. The SMILES string of the molecule is CCOC(=O)C1(O)CCc2nn(C)c3c2c1nc1ccccc13. The lowest BCUT2D eigenvalue weighted by Crippen LogP contribution is -2.40. The van der Waals surface area contributed by atoms with Crippen LogP contribution in [0.15, 0.2) is 24.3 Å². The summed E-state index contributed by atoms with van der Waals surface area (Å²) in [5.74, 6) is -0.640. The fraction of sp³-hybridized carbons (Fsp3) is 0.353. The van der Waals surface area contributed by atoms with E-state index in [0.717, 1.165) is 27.5 Å². The Morgan fingerprint density at radius 2 is 2.22 bits per heavy atom. The zero-order valence-electron chi connectivity index (χ0n) is 13.0. The average Bonchev–Trinajstić information content (AvgIpc) is 2.89. The second kappa shape index (κ2) is 4.76. The number of esters is 1. The number of aromatic nitrogens is 3. The molecular formula is C17H17N3O3. The number of aliphatic hydroxyl groups is 1. The van der Waals surface area contributed by atoms with Crippen molar-refractivity contribution in [2.24, 2.45) is 7.05 Å². The average molecular weight is 311 g/mol. The number of benzene rings is 1. The smallest absolute Gasteiger partial charge is 0.344 e. The van der Waals surface area contributed by atoms with Crippen molar-refractivity contribution in [1.29, 1.82) is 0 Å². The van der Waals surface area contributed by atoms with Gasteiger partial charge in [-0.25, -0.2) is 9.78 Å². The summed E-state index contributed by atoms with van der Waals surface area (Å²) in [6, 6.07) is 7.68. The fourth-order valence-corrected chi connectivity index (χ4v) is 3.43. The van der Waals surface area contributed by atoms with E-state index in [-0.39, 0.29) is 13.0 Å². The molecule has 23 heavy (non-hydrogen) atoms. The lowest BCUT2D eigenvalue weighted by atomic mass is 9.84. The molecule has 3 aromatic rings. The monoisotopic (exact) mass is 311 g/mol. The summed E-state index contributed by atoms with van der Waals surface area (Å²) < 4.78 is 6.89. The summed E-state index contributed by atoms with van der Waals surface area (Å²) in [5.41, 5.74) is 1.13. The normalized spacial score (nSPS) is 20.1. The molecular weight excluding hydrogens is 294 g/mol. The molecule has 0 saturated heterocycles. The first-order valence-corrected chi connectivity index (χ1v) is 7.70. The van der Waals surface area contributed by atoms with Crippen LogP contribution in [0.4, 0.5) is 0 Å². The first-order valence-electron chi connectivity index (χ1n) is 7.70. The predicted molar refractivity (Wildman–Crippen MR) is 84.9 cm³/mol. The number of hydrogen-bond acceptors (Lipinski definition) is 5. The highest BCUT2D eigenvalue weighted by atomic mass is 16.5. The van der Waals surface area contributed by atoms with Gasteiger partial charge in [0.05, 0.1) is 29.0 Å². The second-order valence-electron chi connectivity index (χ2n) is 5.85. The minimum atomic E-state index is -1.71. The van der Waals surface area contributed by atoms with Crippen LogP contribution in [0, 0.1) is 0 Å². The Kier molecular flexibility index (Phi) is 2.93. The van der Waals surface area contributed by atoms with Crippen LogP contribution >= 0.6 is 0 Å². The number of carbonyl (C=O) groups excluding carboxylic acids is 1. The zero-order valence-corrected chi connectivity index (χ0v) is 13.0. The Morgan fingerprint density at radius 3 is 3.00 bits per heavy atom. The molecule has 1 aromatic carbocycles. The van der Waals surface area contributed by atoms with Crippen LogP contribution in [-0.2, 0) is 28.6 Å². The molecule has 2 heterocycles. The van der Waals surface area contributed by atoms with Crippen LogP contribution in [0.5, 0.6) is 0 Å². The molecule has 1 unspecified atom stereocenters. The van der Waals surface area contributed by atoms with Crippen molar-refractivity contribution in [2.45, 2.75) is 25.4 Å². The number of para-hydroxylation sites is 1. The molecule has 0 fully saturated rings. The maximum Gasteiger partial charge on any atom is 0.344 e. The van der Waals surface area contributed by atoms with Crippen molar-refractivity contribution in [2.75, 3.05) is 6.61 Å². The summed E-state index contributed by atoms with van der Waals surface area (Å²) >= 11 is 0. The van der Waals surface area contributed by atoms with Crippen molar-refractivity contribution in [1.82, 2.24) is 14.8 Å². The van der Waals surface area contributed by atoms with Gasteiger partial charge in [0, 0.05) is 17.8 Å². The van der Waals surface area contributed by atoms with Crippen LogP contribution < -0.4 is 0 Å². The van der Waals surface area contributed by atoms with Gasteiger partial charge in [-0.2, -0.15) is 5.10 Å². The van der Waals surface area contributed by atoms with Crippen molar-refractivity contribution in [3.63, 3.8) is 0 Å². The number of pyridine rings is 1. The van der Waals surface area contributed by atoms with Gasteiger partial charge < -0.3 is 9.84 Å². The largest absolute Gasteiger partial charge is 0.464 e. The lowest BCUT2D eigenvalue weighted by molar-refractivity contribution is -0.167. The van der Waals surface area contributed by atoms with E-state index in [1.165, 1.54) is 0 Å². The Bertz CT molecular complexity index is 947. The third kappa shape index (κ3) is 1.81. The molecule has 6 nitrogen and oxygen atoms in total. The fourth-order valence-electron chi connectivity index (χ4n) is 3.43. The molecule has 1 aliphatic carbocycles. The van der Waals surface area contributed by atoms with E-state index in [9.17, 15) is 9.90 Å². The van der Waals surface area contributed by atoms with E-state index in [1.807, 2.05) is 31.3 Å². The molecule has 0 spiro atoms. The summed E-state index contributed by atoms with van der Waals surface area (Å²) in [5, 5.41) is 17.3. The summed E-state index contributed by atoms with van der Waals surface area (Å²) in [4.78, 5) is 17.0. The predicted octanol–water partition coefficient (Wildman–Crippen LogP) is 1.82. The molecule has 1 aliphatic rings. The van der Waals surface area contributed by atoms with Gasteiger partial charge in [0.15, 0.2) is 0 Å². The molecule has 1 atom stereocenters. The Labute approximate surface area is 132 Å². The van der Waals surface area contributed by atoms with E-state index < -0.39 is 11.6 Å². The first-order chi connectivity index (χ1) is 11.1. The Balaban J connectivity index is 2.11. The topological polar surface area (TPSA) is 77.2 Å². The highest BCUT2D eigenvalue weighted by molar-refractivity contribution is 6.07. The first kappa shape index (κ1) is 14.1. The zero-order chi connectivity index (χ0) is 16.2. The summed E-state index contributed by atoms with van der Waals surface area (Å²) in [7, 11) is 1.87. The number of carbonyl (C=O) groups is 1. The number of nitrogens with zero attached hydrogens (tertiary/aromatic N) is 3. The Morgan fingerprint density at radius 1 is 1.43 bits per heavy atom. The molecule has 0 radical (unpaired) electrons. The number of fused-ring (bicyclic) bond motifs is 2. The molecule has 0 aliphatic heterocycles. The molecule has 0 bridgehead atoms. The summed E-state index contributed by atoms with van der Waals surface area (Å²) in [6.07, 6.45) is 0.746. The minimum absolute atomic E-state index is 0.220. The molecule has 0 saturated carbocycles. The van der Waals surface area contributed by atoms with Gasteiger partial charge in [0.2, 0.25) is 5.60 Å². The molecule has 4 rings (SSSR count). The van der Waals surface area contributed by atoms with Gasteiger partial charge in [0.1, 0.15) is 0 Å². The third-order valence-corrected chi connectivity index (χ3v) is 4.48. The van der Waals surface area contributed by atoms with Crippen molar-refractivity contribution >= 4 is 27.8 Å². The minimum Gasteiger partial charge on any atom is -0.464 e. The number of ether oxygens (including phenoxy) is 1. The molecule has 118 valence electrons. The van der Waals surface area contributed by atoms with Gasteiger partial charge in [-0.15, -0.1) is 0 Å². The van der Waals surface area contributed by atoms with Crippen molar-refractivity contribution < 1.29 is 14.6 Å². The van der Waals surface area contributed by atoms with Gasteiger partial charge >= 0.3 is 5.97 Å². The number of aryl methyl sites for hydroxylation is 2. The van der Waals surface area contributed by atoms with Crippen molar-refractivity contribution in [3.8, 4) is 0 Å². The van der Waals surface area contributed by atoms with Crippen LogP contribution in [0.1, 0.15) is 24.7 Å². The molecule has 2 aromatic heterocycles. The summed E-state index contributed by atoms with van der Waals surface area (Å²) in [6.45, 7) is 1.95. The van der Waals surface area contributed by atoms with Crippen LogP contribution in [0.2, 0.25) is 0 Å². The van der Waals surface area contributed by atoms with Crippen LogP contribution in [-0.4, -0.2) is 32.4 Å². The number of hydrogen-bond donors (Lipinski definition) is 1. The maximum atomic E-state index is 12.4. The molecule has 6 heteroatoms. The van der Waals surface area contributed by atoms with Crippen LogP contribution in [0.3, 0.4) is 0 Å². The van der Waals surface area contributed by atoms with E-state index in [0.29, 0.717) is 12.1 Å². The Hall–Kier alpha value is -2.47. The van der Waals surface area contributed by atoms with Gasteiger partial charge in [-0.3, -0.25) is 4.68 Å². The highest BCUT2D eigenvalue weighted by Gasteiger charge is 2.46. The van der Waals surface area contributed by atoms with E-state index in [2.05, 4.69) is 10.1 Å². The van der Waals surface area contributed by atoms with Gasteiger partial charge in [0.25, 0.3) is 0 Å². The number of rotatable bonds is 2. The molecule has 0 amide bonds. The maximum absolute atomic E-state index is 12.4. The van der Waals surface area contributed by atoms with E-state index in [4.69, 9.17) is 4.74 Å². The van der Waals surface area contributed by atoms with E-state index >= 15 is 0 Å². The third-order valence-electron chi connectivity index (χ3n) is 4.48. The quantitative estimate of drug-likeness (QED) is 0.731. The highest BCUT2D eigenvalue weighted by Crippen LogP contribution is 2.41. The van der Waals surface area contributed by atoms with Gasteiger partial charge in [-0.1, -0.05) is 18.2 Å². The van der Waals surface area contributed by atoms with Crippen LogP contribution in [0.25, 0.3) is 21.8 Å². The van der Waals surface area contributed by atoms with Crippen molar-refractivity contribution in [3.05, 3.63) is 35.7 Å². The van der Waals surface area contributed by atoms with E-state index in [1.54, 1.807) is 11.6 Å². The van der Waals surface area contributed by atoms with Gasteiger partial charge in [-0.05, 0) is 25.8 Å². The molecule has 1 N–H and O–H groups in total. The standard InChI is InChI=1S/C17H17N3O3/c1-3-23-16(21)17(22)9-8-12-13-14(20(2)19-12)10-6-4-5-7-11(10)18-15(13)17/h4-7,22H,3,8-9H2,1-2H3. The second-order valence-corrected chi connectivity index (χ2v) is 5.85.